The summed E-state index contributed by atoms with van der Waals surface area (Å²) in [4.78, 5) is 5.70. The number of thiazole rings is 1. The van der Waals surface area contributed by atoms with Crippen molar-refractivity contribution in [3.05, 3.63) is 16.1 Å². The Balaban J connectivity index is 2.73. The number of hydrogen-bond acceptors (Lipinski definition) is 3. The first kappa shape index (κ1) is 11.7. The smallest absolute Gasteiger partial charge is 0.0798 e. The maximum absolute atomic E-state index is 4.31. The summed E-state index contributed by atoms with van der Waals surface area (Å²) in [5.74, 6) is 0.626. The highest BCUT2D eigenvalue weighted by atomic mass is 32.1. The molecule has 0 aliphatic heterocycles. The van der Waals surface area contributed by atoms with Crippen LogP contribution in [-0.4, -0.2) is 11.5 Å². The van der Waals surface area contributed by atoms with Gasteiger partial charge in [-0.3, -0.25) is 0 Å². The second kappa shape index (κ2) is 5.47. The van der Waals surface area contributed by atoms with Crippen molar-refractivity contribution in [1.29, 1.82) is 0 Å². The Morgan fingerprint density at radius 3 is 2.64 bits per heavy atom. The van der Waals surface area contributed by atoms with Gasteiger partial charge in [0.2, 0.25) is 0 Å². The highest BCUT2D eigenvalue weighted by Crippen LogP contribution is 2.27. The number of rotatable bonds is 5. The van der Waals surface area contributed by atoms with Gasteiger partial charge in [0.15, 0.2) is 0 Å². The van der Waals surface area contributed by atoms with Crippen molar-refractivity contribution in [2.24, 2.45) is 5.92 Å². The molecule has 1 atom stereocenters. The normalized spacial score (nSPS) is 13.5. The average molecular weight is 212 g/mol. The lowest BCUT2D eigenvalue weighted by atomic mass is 10.0. The van der Waals surface area contributed by atoms with Crippen LogP contribution in [0.5, 0.6) is 0 Å². The van der Waals surface area contributed by atoms with Gasteiger partial charge >= 0.3 is 0 Å². The summed E-state index contributed by atoms with van der Waals surface area (Å²) in [6, 6.07) is 0.474. The summed E-state index contributed by atoms with van der Waals surface area (Å²) in [7, 11) is 0. The third-order valence-electron chi connectivity index (χ3n) is 2.35. The summed E-state index contributed by atoms with van der Waals surface area (Å²) in [5.41, 5.74) is 3.12. The Morgan fingerprint density at radius 2 is 2.21 bits per heavy atom. The van der Waals surface area contributed by atoms with E-state index in [4.69, 9.17) is 0 Å². The molecule has 1 unspecified atom stereocenters. The minimum atomic E-state index is 0.474. The third kappa shape index (κ3) is 2.79. The lowest BCUT2D eigenvalue weighted by molar-refractivity contribution is 0.416. The molecule has 0 spiro atoms. The van der Waals surface area contributed by atoms with Crippen molar-refractivity contribution >= 4 is 11.3 Å². The maximum atomic E-state index is 4.31. The molecule has 0 saturated carbocycles. The Bertz CT molecular complexity index is 268. The van der Waals surface area contributed by atoms with E-state index in [0.717, 1.165) is 6.54 Å². The molecule has 0 radical (unpaired) electrons. The Morgan fingerprint density at radius 1 is 1.50 bits per heavy atom. The molecule has 1 aromatic rings. The van der Waals surface area contributed by atoms with Gasteiger partial charge in [0, 0.05) is 10.9 Å². The van der Waals surface area contributed by atoms with Crippen molar-refractivity contribution in [3.63, 3.8) is 0 Å². The highest BCUT2D eigenvalue weighted by molar-refractivity contribution is 7.09. The van der Waals surface area contributed by atoms with Crippen molar-refractivity contribution in [2.45, 2.75) is 40.2 Å². The molecule has 1 aromatic heterocycles. The molecule has 0 bridgehead atoms. The lowest BCUT2D eigenvalue weighted by Gasteiger charge is -2.21. The lowest BCUT2D eigenvalue weighted by Crippen LogP contribution is -2.26. The van der Waals surface area contributed by atoms with E-state index in [1.807, 2.05) is 5.51 Å². The van der Waals surface area contributed by atoms with Crippen LogP contribution in [0, 0.1) is 12.8 Å². The number of hydrogen-bond donors (Lipinski definition) is 1. The van der Waals surface area contributed by atoms with Crippen LogP contribution in [0.25, 0.3) is 0 Å². The number of nitrogens with zero attached hydrogens (tertiary/aromatic N) is 1. The fourth-order valence-electron chi connectivity index (χ4n) is 1.54. The van der Waals surface area contributed by atoms with E-state index < -0.39 is 0 Å². The van der Waals surface area contributed by atoms with Crippen LogP contribution in [-0.2, 0) is 0 Å². The summed E-state index contributed by atoms with van der Waals surface area (Å²) in [6.07, 6.45) is 1.18. The largest absolute Gasteiger partial charge is 0.309 e. The predicted octanol–water partition coefficient (Wildman–Crippen LogP) is 3.15. The number of nitrogens with one attached hydrogen (secondary N) is 1. The molecule has 80 valence electrons. The molecular formula is C11H20N2S. The summed E-state index contributed by atoms with van der Waals surface area (Å²) >= 11 is 1.76. The van der Waals surface area contributed by atoms with Crippen LogP contribution in [0.3, 0.4) is 0 Å². The first-order valence-corrected chi connectivity index (χ1v) is 6.18. The second-order valence-corrected chi connectivity index (χ2v) is 4.86. The maximum Gasteiger partial charge on any atom is 0.0798 e. The second-order valence-electron chi connectivity index (χ2n) is 3.98. The van der Waals surface area contributed by atoms with Gasteiger partial charge in [-0.2, -0.15) is 0 Å². The topological polar surface area (TPSA) is 24.9 Å². The van der Waals surface area contributed by atoms with Crippen molar-refractivity contribution in [2.75, 3.05) is 6.54 Å². The van der Waals surface area contributed by atoms with E-state index in [1.165, 1.54) is 17.0 Å². The van der Waals surface area contributed by atoms with Crippen molar-refractivity contribution < 1.29 is 0 Å². The molecule has 2 nitrogen and oxygen atoms in total. The van der Waals surface area contributed by atoms with Gasteiger partial charge in [0.1, 0.15) is 0 Å². The minimum Gasteiger partial charge on any atom is -0.309 e. The SMILES string of the molecule is CCCNC(c1scnc1C)C(C)C. The van der Waals surface area contributed by atoms with Gasteiger partial charge in [-0.25, -0.2) is 4.98 Å². The van der Waals surface area contributed by atoms with E-state index in [9.17, 15) is 0 Å². The van der Waals surface area contributed by atoms with Gasteiger partial charge in [-0.05, 0) is 25.8 Å². The van der Waals surface area contributed by atoms with Gasteiger partial charge < -0.3 is 5.32 Å². The zero-order valence-corrected chi connectivity index (χ0v) is 10.3. The minimum absolute atomic E-state index is 0.474. The van der Waals surface area contributed by atoms with Gasteiger partial charge in [-0.15, -0.1) is 11.3 Å². The molecule has 1 heterocycles. The van der Waals surface area contributed by atoms with E-state index in [0.29, 0.717) is 12.0 Å². The Hall–Kier alpha value is -0.410. The van der Waals surface area contributed by atoms with Gasteiger partial charge in [-0.1, -0.05) is 20.8 Å². The fourth-order valence-corrected chi connectivity index (χ4v) is 2.59. The molecule has 0 fully saturated rings. The average Bonchev–Trinajstić information content (AvgIpc) is 2.52. The molecule has 1 rings (SSSR count). The third-order valence-corrected chi connectivity index (χ3v) is 3.36. The fraction of sp³-hybridized carbons (Fsp3) is 0.727. The first-order valence-electron chi connectivity index (χ1n) is 5.30. The van der Waals surface area contributed by atoms with Crippen molar-refractivity contribution in [1.82, 2.24) is 10.3 Å². The summed E-state index contributed by atoms with van der Waals surface area (Å²) in [5, 5.41) is 3.58. The quantitative estimate of drug-likeness (QED) is 0.811. The number of aryl methyl sites for hydroxylation is 1. The van der Waals surface area contributed by atoms with E-state index in [-0.39, 0.29) is 0 Å². The molecule has 0 aliphatic carbocycles. The molecule has 3 heteroatoms. The molecule has 14 heavy (non-hydrogen) atoms. The summed E-state index contributed by atoms with van der Waals surface area (Å²) < 4.78 is 0. The molecule has 0 saturated heterocycles. The van der Waals surface area contributed by atoms with E-state index >= 15 is 0 Å². The number of aromatic nitrogens is 1. The molecule has 0 amide bonds. The monoisotopic (exact) mass is 212 g/mol. The first-order chi connectivity index (χ1) is 6.66. The summed E-state index contributed by atoms with van der Waals surface area (Å²) in [6.45, 7) is 9.89. The van der Waals surface area contributed by atoms with Gasteiger partial charge in [0.05, 0.1) is 11.2 Å². The van der Waals surface area contributed by atoms with Crippen molar-refractivity contribution in [3.8, 4) is 0 Å². The Kier molecular flexibility index (Phi) is 4.55. The van der Waals surface area contributed by atoms with E-state index in [2.05, 4.69) is 38.0 Å². The van der Waals surface area contributed by atoms with Crippen LogP contribution in [0.15, 0.2) is 5.51 Å². The standard InChI is InChI=1S/C11H20N2S/c1-5-6-12-10(8(2)3)11-9(4)13-7-14-11/h7-8,10,12H,5-6H2,1-4H3. The van der Waals surface area contributed by atoms with Crippen LogP contribution in [0.2, 0.25) is 0 Å². The molecule has 0 aliphatic rings. The molecule has 1 N–H and O–H groups in total. The van der Waals surface area contributed by atoms with Crippen LogP contribution < -0.4 is 5.32 Å². The van der Waals surface area contributed by atoms with Crippen LogP contribution in [0.1, 0.15) is 43.8 Å². The van der Waals surface area contributed by atoms with Crippen LogP contribution >= 0.6 is 11.3 Å². The Labute approximate surface area is 90.8 Å². The zero-order valence-electron chi connectivity index (χ0n) is 9.50. The highest BCUT2D eigenvalue weighted by Gasteiger charge is 2.18. The zero-order chi connectivity index (χ0) is 10.6. The van der Waals surface area contributed by atoms with Gasteiger partial charge in [0.25, 0.3) is 0 Å². The predicted molar refractivity (Wildman–Crippen MR) is 62.7 cm³/mol. The molecular weight excluding hydrogens is 192 g/mol. The molecule has 0 aromatic carbocycles. The van der Waals surface area contributed by atoms with E-state index in [1.54, 1.807) is 11.3 Å². The van der Waals surface area contributed by atoms with Crippen LogP contribution in [0.4, 0.5) is 0 Å².